The van der Waals surface area contributed by atoms with E-state index >= 15 is 0 Å². The van der Waals surface area contributed by atoms with Crippen LogP contribution in [0.25, 0.3) is 11.3 Å². The Balaban J connectivity index is 1.57. The van der Waals surface area contributed by atoms with E-state index in [1.165, 1.54) is 0 Å². The highest BCUT2D eigenvalue weighted by Gasteiger charge is 2.33. The molecule has 0 bridgehead atoms. The van der Waals surface area contributed by atoms with Crippen molar-refractivity contribution in [3.63, 3.8) is 0 Å². The zero-order valence-electron chi connectivity index (χ0n) is 14.9. The van der Waals surface area contributed by atoms with E-state index < -0.39 is 6.23 Å². The molecule has 1 aliphatic rings. The van der Waals surface area contributed by atoms with Gasteiger partial charge >= 0.3 is 0 Å². The topological polar surface area (TPSA) is 55.3 Å². The highest BCUT2D eigenvalue weighted by Crippen LogP contribution is 2.36. The zero-order valence-corrected chi connectivity index (χ0v) is 15.7. The van der Waals surface area contributed by atoms with Crippen LogP contribution in [-0.2, 0) is 4.79 Å². The molecular formula is C21H21N3O2S. The molecule has 0 radical (unpaired) electrons. The maximum absolute atomic E-state index is 11.8. The Morgan fingerprint density at radius 3 is 2.85 bits per heavy atom. The van der Waals surface area contributed by atoms with Crippen LogP contribution in [0.5, 0.6) is 5.75 Å². The second-order valence-corrected chi connectivity index (χ2v) is 7.41. The first-order valence-corrected chi connectivity index (χ1v) is 10.0. The number of aldehydes is 1. The first kappa shape index (κ1) is 17.8. The molecule has 6 heteroatoms. The minimum atomic E-state index is -0.608. The Morgan fingerprint density at radius 1 is 1.19 bits per heavy atom. The number of rotatable bonds is 6. The molecule has 1 aromatic carbocycles. The lowest BCUT2D eigenvalue weighted by Gasteiger charge is -2.37. The molecule has 0 N–H and O–H groups in total. The largest absolute Gasteiger partial charge is 0.468 e. The second kappa shape index (κ2) is 8.41. The van der Waals surface area contributed by atoms with E-state index in [4.69, 9.17) is 9.72 Å². The Morgan fingerprint density at radius 2 is 2.07 bits per heavy atom. The molecular weight excluding hydrogens is 358 g/mol. The fourth-order valence-electron chi connectivity index (χ4n) is 3.42. The number of piperidine rings is 1. The molecule has 27 heavy (non-hydrogen) atoms. The highest BCUT2D eigenvalue weighted by molar-refractivity contribution is 7.10. The molecule has 138 valence electrons. The number of hydrogen-bond acceptors (Lipinski definition) is 6. The van der Waals surface area contributed by atoms with Crippen LogP contribution < -0.4 is 4.74 Å². The van der Waals surface area contributed by atoms with Crippen LogP contribution in [0, 0.1) is 0 Å². The average molecular weight is 379 g/mol. The molecule has 4 rings (SSSR count). The number of pyridine rings is 1. The molecule has 1 aliphatic heterocycles. The van der Waals surface area contributed by atoms with Crippen molar-refractivity contribution < 1.29 is 9.53 Å². The Labute approximate surface area is 162 Å². The third-order valence-electron chi connectivity index (χ3n) is 4.75. The lowest BCUT2D eigenvalue weighted by molar-refractivity contribution is -0.125. The van der Waals surface area contributed by atoms with Crippen molar-refractivity contribution in [1.29, 1.82) is 0 Å². The molecule has 3 aromatic rings. The van der Waals surface area contributed by atoms with Crippen molar-refractivity contribution in [2.24, 2.45) is 0 Å². The number of ether oxygens (including phenoxy) is 1. The van der Waals surface area contributed by atoms with Gasteiger partial charge in [-0.1, -0.05) is 24.6 Å². The van der Waals surface area contributed by atoms with Crippen LogP contribution in [0.3, 0.4) is 0 Å². The fourth-order valence-corrected chi connectivity index (χ4v) is 4.41. The predicted molar refractivity (Wildman–Crippen MR) is 106 cm³/mol. The van der Waals surface area contributed by atoms with Gasteiger partial charge in [0.1, 0.15) is 10.8 Å². The number of likely N-dealkylation sites (tertiary alicyclic amines) is 1. The number of benzene rings is 1. The molecule has 2 aromatic heterocycles. The third-order valence-corrected chi connectivity index (χ3v) is 5.70. The van der Waals surface area contributed by atoms with Crippen molar-refractivity contribution in [1.82, 2.24) is 14.9 Å². The molecule has 0 spiro atoms. The maximum atomic E-state index is 11.8. The maximum Gasteiger partial charge on any atom is 0.209 e. The minimum absolute atomic E-state index is 0.0908. The number of hydrogen-bond donors (Lipinski definition) is 0. The quantitative estimate of drug-likeness (QED) is 0.597. The number of thiazole rings is 1. The van der Waals surface area contributed by atoms with E-state index in [2.05, 4.69) is 15.3 Å². The van der Waals surface area contributed by atoms with Gasteiger partial charge in [0.2, 0.25) is 6.23 Å². The SMILES string of the molecule is O=CC(Oc1ccccc1)N1CCCC[C@@H]1c1nc(-c2cccnc2)cs1. The van der Waals surface area contributed by atoms with Gasteiger partial charge in [-0.3, -0.25) is 14.7 Å². The molecule has 1 unspecified atom stereocenters. The average Bonchev–Trinajstić information content (AvgIpc) is 3.24. The summed E-state index contributed by atoms with van der Waals surface area (Å²) in [6.45, 7) is 0.822. The first-order chi connectivity index (χ1) is 13.3. The predicted octanol–water partition coefficient (Wildman–Crippen LogP) is 4.34. The van der Waals surface area contributed by atoms with E-state index in [9.17, 15) is 4.79 Å². The van der Waals surface area contributed by atoms with Crippen molar-refractivity contribution in [3.05, 3.63) is 65.2 Å². The summed E-state index contributed by atoms with van der Waals surface area (Å²) in [4.78, 5) is 23.0. The zero-order chi connectivity index (χ0) is 18.5. The lowest BCUT2D eigenvalue weighted by atomic mass is 10.0. The van der Waals surface area contributed by atoms with E-state index in [-0.39, 0.29) is 6.04 Å². The van der Waals surface area contributed by atoms with Gasteiger partial charge < -0.3 is 4.74 Å². The van der Waals surface area contributed by atoms with Crippen LogP contribution in [0.4, 0.5) is 0 Å². The van der Waals surface area contributed by atoms with Gasteiger partial charge in [0.25, 0.3) is 0 Å². The lowest BCUT2D eigenvalue weighted by Crippen LogP contribution is -2.45. The number of nitrogens with zero attached hydrogens (tertiary/aromatic N) is 3. The van der Waals surface area contributed by atoms with Crippen molar-refractivity contribution >= 4 is 17.6 Å². The normalized spacial score (nSPS) is 18.7. The van der Waals surface area contributed by atoms with Gasteiger partial charge in [0, 0.05) is 29.9 Å². The summed E-state index contributed by atoms with van der Waals surface area (Å²) < 4.78 is 5.97. The molecule has 5 nitrogen and oxygen atoms in total. The molecule has 0 aliphatic carbocycles. The molecule has 3 heterocycles. The van der Waals surface area contributed by atoms with Crippen molar-refractivity contribution in [2.45, 2.75) is 31.5 Å². The van der Waals surface area contributed by atoms with Crippen LogP contribution in [-0.4, -0.2) is 33.9 Å². The van der Waals surface area contributed by atoms with Gasteiger partial charge in [0.15, 0.2) is 6.29 Å². The molecule has 1 saturated heterocycles. The van der Waals surface area contributed by atoms with E-state index in [0.29, 0.717) is 5.75 Å². The number of carbonyl (C=O) groups excluding carboxylic acids is 1. The van der Waals surface area contributed by atoms with Gasteiger partial charge in [-0.05, 0) is 37.1 Å². The van der Waals surface area contributed by atoms with Crippen LogP contribution in [0.2, 0.25) is 0 Å². The van der Waals surface area contributed by atoms with E-state index in [0.717, 1.165) is 48.4 Å². The summed E-state index contributed by atoms with van der Waals surface area (Å²) >= 11 is 1.64. The monoisotopic (exact) mass is 379 g/mol. The smallest absolute Gasteiger partial charge is 0.209 e. The van der Waals surface area contributed by atoms with Gasteiger partial charge in [-0.15, -0.1) is 11.3 Å². The summed E-state index contributed by atoms with van der Waals surface area (Å²) in [6, 6.07) is 13.5. The number of para-hydroxylation sites is 1. The third kappa shape index (κ3) is 4.07. The van der Waals surface area contributed by atoms with E-state index in [1.54, 1.807) is 17.5 Å². The van der Waals surface area contributed by atoms with Crippen molar-refractivity contribution in [3.8, 4) is 17.0 Å². The van der Waals surface area contributed by atoms with Gasteiger partial charge in [-0.25, -0.2) is 4.98 Å². The molecule has 0 amide bonds. The number of carbonyl (C=O) groups is 1. The highest BCUT2D eigenvalue weighted by atomic mass is 32.1. The standard InChI is InChI=1S/C21H21N3O2S/c25-14-20(26-17-8-2-1-3-9-17)24-12-5-4-10-19(24)21-23-18(15-27-21)16-7-6-11-22-13-16/h1-3,6-9,11,13-15,19-20H,4-5,10,12H2/t19-,20?/m1/s1. The van der Waals surface area contributed by atoms with Gasteiger partial charge in [-0.2, -0.15) is 0 Å². The fraction of sp³-hybridized carbons (Fsp3) is 0.286. The molecule has 2 atom stereocenters. The summed E-state index contributed by atoms with van der Waals surface area (Å²) in [5.74, 6) is 0.703. The first-order valence-electron chi connectivity index (χ1n) is 9.14. The van der Waals surface area contributed by atoms with Gasteiger partial charge in [0.05, 0.1) is 11.7 Å². The Hall–Kier alpha value is -2.57. The van der Waals surface area contributed by atoms with Crippen LogP contribution in [0.1, 0.15) is 30.3 Å². The summed E-state index contributed by atoms with van der Waals surface area (Å²) in [5, 5.41) is 3.09. The number of aromatic nitrogens is 2. The second-order valence-electron chi connectivity index (χ2n) is 6.52. The van der Waals surface area contributed by atoms with E-state index in [1.807, 2.05) is 48.7 Å². The summed E-state index contributed by atoms with van der Waals surface area (Å²) in [7, 11) is 0. The Bertz CT molecular complexity index is 869. The van der Waals surface area contributed by atoms with Crippen molar-refractivity contribution in [2.75, 3.05) is 6.54 Å². The van der Waals surface area contributed by atoms with Crippen LogP contribution in [0.15, 0.2) is 60.2 Å². The minimum Gasteiger partial charge on any atom is -0.468 e. The molecule has 1 fully saturated rings. The summed E-state index contributed by atoms with van der Waals surface area (Å²) in [5.41, 5.74) is 1.94. The molecule has 0 saturated carbocycles. The summed E-state index contributed by atoms with van der Waals surface area (Å²) in [6.07, 6.45) is 7.02. The Kier molecular flexibility index (Phi) is 5.55. The van der Waals surface area contributed by atoms with Crippen LogP contribution >= 0.6 is 11.3 Å².